The van der Waals surface area contributed by atoms with Crippen LogP contribution in [0, 0.1) is 17.0 Å². The van der Waals surface area contributed by atoms with Gasteiger partial charge >= 0.3 is 0 Å². The summed E-state index contributed by atoms with van der Waals surface area (Å²) in [5.74, 6) is 0.575. The zero-order valence-electron chi connectivity index (χ0n) is 7.14. The SMILES string of the molecule is Cc1nc2c(Br)cc([N+](=O)[O-])cn2n1. The summed E-state index contributed by atoms with van der Waals surface area (Å²) >= 11 is 3.20. The van der Waals surface area contributed by atoms with Crippen molar-refractivity contribution in [2.45, 2.75) is 6.92 Å². The lowest BCUT2D eigenvalue weighted by Crippen LogP contribution is -1.94. The van der Waals surface area contributed by atoms with Crippen molar-refractivity contribution in [3.63, 3.8) is 0 Å². The molecule has 2 rings (SSSR count). The quantitative estimate of drug-likeness (QED) is 0.575. The molecule has 0 atom stereocenters. The summed E-state index contributed by atoms with van der Waals surface area (Å²) in [7, 11) is 0. The number of aromatic nitrogens is 3. The molecular formula is C7H5BrN4O2. The fraction of sp³-hybridized carbons (Fsp3) is 0.143. The van der Waals surface area contributed by atoms with Crippen LogP contribution >= 0.6 is 15.9 Å². The first-order chi connectivity index (χ1) is 6.58. The van der Waals surface area contributed by atoms with Gasteiger partial charge in [-0.05, 0) is 22.9 Å². The van der Waals surface area contributed by atoms with Gasteiger partial charge in [0.15, 0.2) is 5.65 Å². The molecule has 0 saturated carbocycles. The van der Waals surface area contributed by atoms with Crippen molar-refractivity contribution in [3.05, 3.63) is 32.7 Å². The minimum absolute atomic E-state index is 0.0192. The Labute approximate surface area is 86.8 Å². The van der Waals surface area contributed by atoms with Gasteiger partial charge in [0.2, 0.25) is 0 Å². The monoisotopic (exact) mass is 256 g/mol. The summed E-state index contributed by atoms with van der Waals surface area (Å²) in [5.41, 5.74) is 0.558. The number of rotatable bonds is 1. The van der Waals surface area contributed by atoms with Crippen LogP contribution in [0.5, 0.6) is 0 Å². The molecule has 0 aromatic carbocycles. The zero-order chi connectivity index (χ0) is 10.3. The van der Waals surface area contributed by atoms with Gasteiger partial charge in [0.05, 0.1) is 9.40 Å². The second kappa shape index (κ2) is 3.02. The van der Waals surface area contributed by atoms with Crippen molar-refractivity contribution in [2.75, 3.05) is 0 Å². The van der Waals surface area contributed by atoms with E-state index in [9.17, 15) is 10.1 Å². The van der Waals surface area contributed by atoms with Gasteiger partial charge in [-0.25, -0.2) is 9.50 Å². The van der Waals surface area contributed by atoms with Crippen LogP contribution < -0.4 is 0 Å². The molecule has 7 heteroatoms. The predicted molar refractivity (Wildman–Crippen MR) is 52.1 cm³/mol. The summed E-state index contributed by atoms with van der Waals surface area (Å²) in [4.78, 5) is 14.2. The lowest BCUT2D eigenvalue weighted by molar-refractivity contribution is -0.385. The van der Waals surface area contributed by atoms with Crippen LogP contribution in [-0.2, 0) is 0 Å². The molecule has 0 aliphatic carbocycles. The first-order valence-corrected chi connectivity index (χ1v) is 4.54. The summed E-state index contributed by atoms with van der Waals surface area (Å²) in [5, 5.41) is 14.5. The minimum atomic E-state index is -0.471. The van der Waals surface area contributed by atoms with E-state index in [0.717, 1.165) is 0 Å². The lowest BCUT2D eigenvalue weighted by Gasteiger charge is -1.94. The second-order valence-electron chi connectivity index (χ2n) is 2.73. The summed E-state index contributed by atoms with van der Waals surface area (Å²) in [6.07, 6.45) is 1.33. The highest BCUT2D eigenvalue weighted by Gasteiger charge is 2.12. The van der Waals surface area contributed by atoms with E-state index < -0.39 is 4.92 Å². The molecule has 72 valence electrons. The molecule has 2 heterocycles. The number of aryl methyl sites for hydroxylation is 1. The topological polar surface area (TPSA) is 73.3 Å². The summed E-state index contributed by atoms with van der Waals surface area (Å²) in [6.45, 7) is 1.73. The molecule has 0 N–H and O–H groups in total. The fourth-order valence-electron chi connectivity index (χ4n) is 1.14. The first kappa shape index (κ1) is 9.07. The Morgan fingerprint density at radius 3 is 3.00 bits per heavy atom. The number of nitrogens with zero attached hydrogens (tertiary/aromatic N) is 4. The minimum Gasteiger partial charge on any atom is -0.258 e. The molecule has 0 unspecified atom stereocenters. The molecule has 0 saturated heterocycles. The Balaban J connectivity index is 2.77. The van der Waals surface area contributed by atoms with E-state index >= 15 is 0 Å². The van der Waals surface area contributed by atoms with Crippen LogP contribution in [-0.4, -0.2) is 19.5 Å². The normalized spacial score (nSPS) is 10.7. The molecular weight excluding hydrogens is 252 g/mol. The molecule has 2 aromatic heterocycles. The van der Waals surface area contributed by atoms with Gasteiger partial charge in [-0.2, -0.15) is 5.10 Å². The molecule has 0 amide bonds. The third-order valence-corrected chi connectivity index (χ3v) is 2.27. The molecule has 6 nitrogen and oxygen atoms in total. The standard InChI is InChI=1S/C7H5BrN4O2/c1-4-9-7-6(8)2-5(12(13)14)3-11(7)10-4/h2-3H,1H3. The van der Waals surface area contributed by atoms with Gasteiger partial charge in [0, 0.05) is 6.07 Å². The Hall–Kier alpha value is -1.50. The Bertz CT molecular complexity index is 522. The Morgan fingerprint density at radius 1 is 1.64 bits per heavy atom. The van der Waals surface area contributed by atoms with E-state index in [1.807, 2.05) is 0 Å². The molecule has 0 radical (unpaired) electrons. The molecule has 0 spiro atoms. The second-order valence-corrected chi connectivity index (χ2v) is 3.58. The molecule has 2 aromatic rings. The van der Waals surface area contributed by atoms with E-state index in [2.05, 4.69) is 26.0 Å². The first-order valence-electron chi connectivity index (χ1n) is 3.75. The van der Waals surface area contributed by atoms with Gasteiger partial charge in [0.1, 0.15) is 12.0 Å². The maximum atomic E-state index is 10.5. The number of hydrogen-bond acceptors (Lipinski definition) is 4. The van der Waals surface area contributed by atoms with Gasteiger partial charge in [-0.15, -0.1) is 0 Å². The van der Waals surface area contributed by atoms with Crippen LogP contribution in [0.15, 0.2) is 16.7 Å². The highest BCUT2D eigenvalue weighted by molar-refractivity contribution is 9.10. The number of halogens is 1. The van der Waals surface area contributed by atoms with Gasteiger partial charge in [-0.1, -0.05) is 0 Å². The molecule has 14 heavy (non-hydrogen) atoms. The van der Waals surface area contributed by atoms with Crippen molar-refractivity contribution in [2.24, 2.45) is 0 Å². The van der Waals surface area contributed by atoms with Crippen LogP contribution in [0.3, 0.4) is 0 Å². The molecule has 0 aliphatic rings. The van der Waals surface area contributed by atoms with Crippen molar-refractivity contribution in [1.82, 2.24) is 14.6 Å². The maximum absolute atomic E-state index is 10.5. The van der Waals surface area contributed by atoms with E-state index in [0.29, 0.717) is 15.9 Å². The average molecular weight is 257 g/mol. The largest absolute Gasteiger partial charge is 0.288 e. The Morgan fingerprint density at radius 2 is 2.36 bits per heavy atom. The van der Waals surface area contributed by atoms with Gasteiger partial charge < -0.3 is 0 Å². The molecule has 0 fully saturated rings. The van der Waals surface area contributed by atoms with Crippen molar-refractivity contribution in [3.8, 4) is 0 Å². The fourth-order valence-corrected chi connectivity index (χ4v) is 1.64. The average Bonchev–Trinajstić information content (AvgIpc) is 2.45. The number of pyridine rings is 1. The zero-order valence-corrected chi connectivity index (χ0v) is 8.72. The smallest absolute Gasteiger partial charge is 0.258 e. The summed E-state index contributed by atoms with van der Waals surface area (Å²) < 4.78 is 1.95. The highest BCUT2D eigenvalue weighted by Crippen LogP contribution is 2.22. The molecule has 0 aliphatic heterocycles. The number of hydrogen-bond donors (Lipinski definition) is 0. The van der Waals surface area contributed by atoms with Crippen LogP contribution in [0.25, 0.3) is 5.65 Å². The highest BCUT2D eigenvalue weighted by atomic mass is 79.9. The van der Waals surface area contributed by atoms with E-state index in [1.54, 1.807) is 6.92 Å². The van der Waals surface area contributed by atoms with E-state index in [-0.39, 0.29) is 5.69 Å². The third-order valence-electron chi connectivity index (χ3n) is 1.69. The van der Waals surface area contributed by atoms with Crippen LogP contribution in [0.2, 0.25) is 0 Å². The van der Waals surface area contributed by atoms with Crippen LogP contribution in [0.4, 0.5) is 5.69 Å². The van der Waals surface area contributed by atoms with E-state index in [1.165, 1.54) is 16.8 Å². The number of nitro groups is 1. The van der Waals surface area contributed by atoms with Crippen molar-refractivity contribution < 1.29 is 4.92 Å². The Kier molecular flexibility index (Phi) is 1.95. The van der Waals surface area contributed by atoms with Crippen molar-refractivity contribution >= 4 is 27.3 Å². The predicted octanol–water partition coefficient (Wildman–Crippen LogP) is 1.71. The lowest BCUT2D eigenvalue weighted by atomic mass is 10.4. The third kappa shape index (κ3) is 1.35. The van der Waals surface area contributed by atoms with Gasteiger partial charge in [0.25, 0.3) is 5.69 Å². The summed E-state index contributed by atoms with van der Waals surface area (Å²) in [6, 6.07) is 1.41. The van der Waals surface area contributed by atoms with Crippen molar-refractivity contribution in [1.29, 1.82) is 0 Å². The number of fused-ring (bicyclic) bond motifs is 1. The maximum Gasteiger partial charge on any atom is 0.288 e. The van der Waals surface area contributed by atoms with E-state index in [4.69, 9.17) is 0 Å². The van der Waals surface area contributed by atoms with Gasteiger partial charge in [-0.3, -0.25) is 10.1 Å². The van der Waals surface area contributed by atoms with Crippen LogP contribution in [0.1, 0.15) is 5.82 Å². The molecule has 0 bridgehead atoms.